The highest BCUT2D eigenvalue weighted by Gasteiger charge is 2.38. The van der Waals surface area contributed by atoms with Crippen molar-refractivity contribution in [3.8, 4) is 0 Å². The van der Waals surface area contributed by atoms with Gasteiger partial charge >= 0.3 is 17.9 Å². The summed E-state index contributed by atoms with van der Waals surface area (Å²) in [5.74, 6) is -3.26. The van der Waals surface area contributed by atoms with Crippen LogP contribution in [0.5, 0.6) is 0 Å². The summed E-state index contributed by atoms with van der Waals surface area (Å²) in [6, 6.07) is -0.572. The lowest BCUT2D eigenvalue weighted by molar-refractivity contribution is -0.141. The van der Waals surface area contributed by atoms with E-state index in [1.807, 2.05) is 6.92 Å². The van der Waals surface area contributed by atoms with Gasteiger partial charge in [0.2, 0.25) is 10.0 Å². The number of aliphatic hydroxyl groups excluding tert-OH is 1. The molecule has 0 aromatic rings. The van der Waals surface area contributed by atoms with Crippen molar-refractivity contribution in [1.29, 1.82) is 0 Å². The Morgan fingerprint density at radius 2 is 1.43 bits per heavy atom. The summed E-state index contributed by atoms with van der Waals surface area (Å²) in [6.07, 6.45) is 2.10. The normalized spacial score (nSPS) is 21.8. The molecule has 1 rings (SSSR count). The van der Waals surface area contributed by atoms with Gasteiger partial charge in [-0.15, -0.1) is 0 Å². The van der Waals surface area contributed by atoms with Crippen LogP contribution in [0.15, 0.2) is 0 Å². The van der Waals surface area contributed by atoms with Crippen molar-refractivity contribution in [2.45, 2.75) is 44.8 Å². The third kappa shape index (κ3) is 13.0. The Kier molecular flexibility index (Phi) is 15.1. The molecule has 1 fully saturated rings. The van der Waals surface area contributed by atoms with Crippen molar-refractivity contribution in [3.05, 3.63) is 0 Å². The molecule has 1 heterocycles. The van der Waals surface area contributed by atoms with Crippen LogP contribution < -0.4 is 5.32 Å². The molecule has 0 radical (unpaired) electrons. The number of rotatable bonds is 14. The molecule has 2 atom stereocenters. The minimum absolute atomic E-state index is 0.0681. The van der Waals surface area contributed by atoms with Gasteiger partial charge in [0, 0.05) is 58.5 Å². The van der Waals surface area contributed by atoms with E-state index in [0.29, 0.717) is 32.2 Å². The molecule has 0 saturated carbocycles. The average molecular weight is 554 g/mol. The molecule has 0 aromatic heterocycles. The Morgan fingerprint density at radius 1 is 0.892 bits per heavy atom. The molecule has 0 spiro atoms. The summed E-state index contributed by atoms with van der Waals surface area (Å²) < 4.78 is 27.2. The minimum atomic E-state index is -3.79. The molecule has 15 heteroatoms. The highest BCUT2D eigenvalue weighted by atomic mass is 32.2. The van der Waals surface area contributed by atoms with Crippen molar-refractivity contribution in [3.63, 3.8) is 0 Å². The van der Waals surface area contributed by atoms with E-state index >= 15 is 0 Å². The summed E-state index contributed by atoms with van der Waals surface area (Å²) in [5, 5.41) is 41.2. The standard InChI is InChI=1S/C22H43N5O9S/c1-3-4-8-27(37(2,35)36)22-18(6-5-14-28)23-7-9-24(15-19(29)30)10-11-25(16-20(31)32)12-13-26(22)17-21(33)34/h18,22-23,28H,3-17H2,1-2H3,(H,29,30)(H,31,32)(H,33,34). The highest BCUT2D eigenvalue weighted by molar-refractivity contribution is 7.88. The molecule has 1 aliphatic rings. The van der Waals surface area contributed by atoms with Gasteiger partial charge < -0.3 is 25.7 Å². The van der Waals surface area contributed by atoms with Gasteiger partial charge in [-0.2, -0.15) is 4.31 Å². The number of unbranched alkanes of at least 4 members (excludes halogenated alkanes) is 1. The first-order chi connectivity index (χ1) is 17.4. The third-order valence-electron chi connectivity index (χ3n) is 6.19. The first kappa shape index (κ1) is 33.1. The van der Waals surface area contributed by atoms with Crippen molar-refractivity contribution in [2.75, 3.05) is 78.3 Å². The van der Waals surface area contributed by atoms with Crippen LogP contribution in [-0.2, 0) is 24.4 Å². The quantitative estimate of drug-likeness (QED) is 0.163. The maximum Gasteiger partial charge on any atom is 0.317 e. The van der Waals surface area contributed by atoms with Crippen LogP contribution in [0.4, 0.5) is 0 Å². The number of nitrogens with zero attached hydrogens (tertiary/aromatic N) is 4. The smallest absolute Gasteiger partial charge is 0.317 e. The average Bonchev–Trinajstić information content (AvgIpc) is 2.77. The number of carboxylic acid groups (broad SMARTS) is 3. The molecule has 216 valence electrons. The van der Waals surface area contributed by atoms with Crippen LogP contribution >= 0.6 is 0 Å². The zero-order valence-electron chi connectivity index (χ0n) is 21.8. The van der Waals surface area contributed by atoms with Crippen molar-refractivity contribution < 1.29 is 43.2 Å². The van der Waals surface area contributed by atoms with Crippen molar-refractivity contribution >= 4 is 27.9 Å². The molecule has 0 bridgehead atoms. The highest BCUT2D eigenvalue weighted by Crippen LogP contribution is 2.20. The Bertz CT molecular complexity index is 829. The van der Waals surface area contributed by atoms with E-state index in [0.717, 1.165) is 6.26 Å². The summed E-state index contributed by atoms with van der Waals surface area (Å²) in [7, 11) is -3.79. The summed E-state index contributed by atoms with van der Waals surface area (Å²) in [4.78, 5) is 39.5. The topological polar surface area (TPSA) is 191 Å². The van der Waals surface area contributed by atoms with Crippen LogP contribution in [0.25, 0.3) is 0 Å². The Labute approximate surface area is 218 Å². The zero-order chi connectivity index (χ0) is 28.0. The van der Waals surface area contributed by atoms with Gasteiger partial charge in [-0.3, -0.25) is 29.1 Å². The number of carboxylic acids is 3. The van der Waals surface area contributed by atoms with Crippen LogP contribution in [0.3, 0.4) is 0 Å². The number of hydrogen-bond acceptors (Lipinski definition) is 10. The fourth-order valence-corrected chi connectivity index (χ4v) is 5.61. The second-order valence-corrected chi connectivity index (χ2v) is 11.2. The molecule has 2 unspecified atom stereocenters. The zero-order valence-corrected chi connectivity index (χ0v) is 22.6. The minimum Gasteiger partial charge on any atom is -0.480 e. The van der Waals surface area contributed by atoms with E-state index in [1.54, 1.807) is 14.7 Å². The Morgan fingerprint density at radius 3 is 1.92 bits per heavy atom. The first-order valence-corrected chi connectivity index (χ1v) is 14.4. The molecule has 1 aliphatic heterocycles. The third-order valence-corrected chi connectivity index (χ3v) is 7.44. The van der Waals surface area contributed by atoms with Crippen molar-refractivity contribution in [2.24, 2.45) is 0 Å². The molecule has 0 aliphatic carbocycles. The molecule has 14 nitrogen and oxygen atoms in total. The second-order valence-electron chi connectivity index (χ2n) is 9.27. The van der Waals surface area contributed by atoms with E-state index < -0.39 is 46.7 Å². The number of carbonyl (C=O) groups is 3. The van der Waals surface area contributed by atoms with E-state index in [-0.39, 0.29) is 59.0 Å². The Hall–Kier alpha value is -1.88. The molecule has 5 N–H and O–H groups in total. The number of nitrogens with one attached hydrogen (secondary N) is 1. The van der Waals surface area contributed by atoms with Gasteiger partial charge in [0.25, 0.3) is 0 Å². The van der Waals surface area contributed by atoms with E-state index in [2.05, 4.69) is 5.32 Å². The predicted octanol–water partition coefficient (Wildman–Crippen LogP) is -1.72. The SMILES string of the molecule is CCCCN(C1C(CCCO)NCCN(CC(=O)O)CCN(CC(=O)O)CCN1CC(=O)O)S(C)(=O)=O. The van der Waals surface area contributed by atoms with Gasteiger partial charge in [0.15, 0.2) is 0 Å². The molecule has 37 heavy (non-hydrogen) atoms. The van der Waals surface area contributed by atoms with Gasteiger partial charge in [-0.1, -0.05) is 13.3 Å². The number of aliphatic hydroxyl groups is 1. The molecular weight excluding hydrogens is 510 g/mol. The van der Waals surface area contributed by atoms with Gasteiger partial charge in [-0.25, -0.2) is 8.42 Å². The van der Waals surface area contributed by atoms with Gasteiger partial charge in [0.1, 0.15) is 0 Å². The van der Waals surface area contributed by atoms with Crippen LogP contribution in [0, 0.1) is 0 Å². The predicted molar refractivity (Wildman–Crippen MR) is 136 cm³/mol. The lowest BCUT2D eigenvalue weighted by atomic mass is 10.1. The lowest BCUT2D eigenvalue weighted by Crippen LogP contribution is -2.63. The van der Waals surface area contributed by atoms with E-state index in [9.17, 15) is 43.2 Å². The summed E-state index contributed by atoms with van der Waals surface area (Å²) in [6.45, 7) is 2.20. The van der Waals surface area contributed by atoms with Gasteiger partial charge in [-0.05, 0) is 19.3 Å². The number of aliphatic carboxylic acids is 3. The number of hydrogen-bond donors (Lipinski definition) is 5. The monoisotopic (exact) mass is 553 g/mol. The van der Waals surface area contributed by atoms with E-state index in [1.165, 1.54) is 4.31 Å². The van der Waals surface area contributed by atoms with Crippen molar-refractivity contribution in [1.82, 2.24) is 24.3 Å². The van der Waals surface area contributed by atoms with Crippen LogP contribution in [-0.4, -0.2) is 156 Å². The molecule has 0 aromatic carbocycles. The lowest BCUT2D eigenvalue weighted by Gasteiger charge is -2.44. The van der Waals surface area contributed by atoms with E-state index in [4.69, 9.17) is 0 Å². The Balaban J connectivity index is 3.54. The number of sulfonamides is 1. The summed E-state index contributed by atoms with van der Waals surface area (Å²) >= 11 is 0. The maximum atomic E-state index is 13.0. The molecule has 0 amide bonds. The van der Waals surface area contributed by atoms with Crippen LogP contribution in [0.2, 0.25) is 0 Å². The molecular formula is C22H43N5O9S. The second kappa shape index (κ2) is 16.9. The fourth-order valence-electron chi connectivity index (χ4n) is 4.48. The summed E-state index contributed by atoms with van der Waals surface area (Å²) in [5.41, 5.74) is 0. The van der Waals surface area contributed by atoms with Gasteiger partial charge in [0.05, 0.1) is 32.1 Å². The molecule has 1 saturated heterocycles. The first-order valence-electron chi connectivity index (χ1n) is 12.5. The van der Waals surface area contributed by atoms with Crippen LogP contribution in [0.1, 0.15) is 32.6 Å². The maximum absolute atomic E-state index is 13.0. The fraction of sp³-hybridized carbons (Fsp3) is 0.864. The largest absolute Gasteiger partial charge is 0.480 e.